The number of aliphatic carboxylic acids is 1. The van der Waals surface area contributed by atoms with Crippen molar-refractivity contribution in [3.8, 4) is 6.07 Å². The number of carbonyl (C=O) groups excluding carboxylic acids is 1. The number of carbonyl (C=O) groups is 2. The average molecular weight is 551 g/mol. The van der Waals surface area contributed by atoms with E-state index in [0.717, 1.165) is 45.2 Å². The van der Waals surface area contributed by atoms with E-state index in [9.17, 15) is 20.0 Å². The average Bonchev–Trinajstić information content (AvgIpc) is 3.65. The molecule has 0 bridgehead atoms. The fraction of sp³-hybridized carbons (Fsp3) is 0.500. The Hall–Kier alpha value is -3.63. The zero-order valence-electron chi connectivity index (χ0n) is 23.7. The predicted octanol–water partition coefficient (Wildman–Crippen LogP) is 6.35. The molecule has 3 aliphatic carbocycles. The maximum absolute atomic E-state index is 13.0. The van der Waals surface area contributed by atoms with Gasteiger partial charge in [-0.2, -0.15) is 5.26 Å². The number of aromatic nitrogens is 1. The van der Waals surface area contributed by atoms with Gasteiger partial charge in [0.25, 0.3) is 5.91 Å². The number of piperidine rings is 1. The number of likely N-dealkylation sites (tertiary alicyclic amines) is 1. The van der Waals surface area contributed by atoms with Crippen molar-refractivity contribution in [1.82, 2.24) is 15.2 Å². The number of aromatic amines is 1. The minimum Gasteiger partial charge on any atom is -0.480 e. The molecule has 2 aromatic carbocycles. The van der Waals surface area contributed by atoms with Crippen molar-refractivity contribution < 1.29 is 14.7 Å². The van der Waals surface area contributed by atoms with Gasteiger partial charge in [-0.25, -0.2) is 4.79 Å². The summed E-state index contributed by atoms with van der Waals surface area (Å²) in [6.07, 6.45) is 10.4. The standard InChI is InChI=1S/C34H38N4O3/c1-21-15-27(23-3-4-23)28(26-9-13-36-30(21)26)20-38-14-12-33(16-22(17-33)19-35)18-29(38)24-5-7-25(8-6-24)31(39)37-34(32(40)41)10-2-11-34/h5-9,13,15,22-23,29,36H,2-4,10-12,14,16-18,20H2,1H3,(H,37,39)(H,40,41). The molecule has 3 aromatic rings. The summed E-state index contributed by atoms with van der Waals surface area (Å²) < 4.78 is 0. The molecule has 212 valence electrons. The quantitative estimate of drug-likeness (QED) is 0.318. The first-order valence-corrected chi connectivity index (χ1v) is 15.2. The van der Waals surface area contributed by atoms with Crippen LogP contribution in [0.1, 0.15) is 102 Å². The molecule has 41 heavy (non-hydrogen) atoms. The van der Waals surface area contributed by atoms with Gasteiger partial charge in [0.05, 0.1) is 6.07 Å². The monoisotopic (exact) mass is 550 g/mol. The molecule has 1 amide bonds. The Labute approximate surface area is 240 Å². The number of hydrogen-bond donors (Lipinski definition) is 3. The van der Waals surface area contributed by atoms with E-state index in [1.165, 1.54) is 46.0 Å². The maximum Gasteiger partial charge on any atom is 0.329 e. The Morgan fingerprint density at radius 3 is 2.51 bits per heavy atom. The van der Waals surface area contributed by atoms with Gasteiger partial charge in [0.1, 0.15) is 5.54 Å². The van der Waals surface area contributed by atoms with E-state index in [-0.39, 0.29) is 23.3 Å². The van der Waals surface area contributed by atoms with Crippen LogP contribution in [0.2, 0.25) is 0 Å². The first-order chi connectivity index (χ1) is 19.8. The Kier molecular flexibility index (Phi) is 6.24. The summed E-state index contributed by atoms with van der Waals surface area (Å²) in [7, 11) is 0. The topological polar surface area (TPSA) is 109 Å². The second-order valence-electron chi connectivity index (χ2n) is 13.3. The number of fused-ring (bicyclic) bond motifs is 1. The predicted molar refractivity (Wildman–Crippen MR) is 156 cm³/mol. The van der Waals surface area contributed by atoms with Crippen LogP contribution < -0.4 is 5.32 Å². The lowest BCUT2D eigenvalue weighted by Gasteiger charge is -2.53. The third kappa shape index (κ3) is 4.53. The minimum absolute atomic E-state index is 0.166. The van der Waals surface area contributed by atoms with Crippen LogP contribution in [0.25, 0.3) is 10.9 Å². The number of benzene rings is 2. The van der Waals surface area contributed by atoms with Crippen LogP contribution in [0.5, 0.6) is 0 Å². The molecule has 3 saturated carbocycles. The number of amides is 1. The SMILES string of the molecule is Cc1cc(C2CC2)c(CN2CCC3(CC(C#N)C3)CC2c2ccc(C(=O)NC3(C(=O)O)CCC3)cc2)c2cc[nH]c12. The van der Waals surface area contributed by atoms with E-state index in [1.54, 1.807) is 0 Å². The summed E-state index contributed by atoms with van der Waals surface area (Å²) in [6.45, 7) is 4.06. The molecule has 1 saturated heterocycles. The lowest BCUT2D eigenvalue weighted by Crippen LogP contribution is -2.59. The Bertz CT molecular complexity index is 1550. The van der Waals surface area contributed by atoms with Gasteiger partial charge < -0.3 is 15.4 Å². The fourth-order valence-electron chi connectivity index (χ4n) is 7.85. The van der Waals surface area contributed by atoms with Gasteiger partial charge in [0, 0.05) is 41.2 Å². The van der Waals surface area contributed by atoms with Gasteiger partial charge in [-0.1, -0.05) is 18.2 Å². The van der Waals surface area contributed by atoms with Crippen LogP contribution in [-0.2, 0) is 11.3 Å². The lowest BCUT2D eigenvalue weighted by molar-refractivity contribution is -0.148. The maximum atomic E-state index is 13.0. The largest absolute Gasteiger partial charge is 0.480 e. The number of aryl methyl sites for hydroxylation is 1. The molecule has 1 unspecified atom stereocenters. The summed E-state index contributed by atoms with van der Waals surface area (Å²) in [5, 5.41) is 23.3. The second-order valence-corrected chi connectivity index (χ2v) is 13.3. The van der Waals surface area contributed by atoms with Crippen molar-refractivity contribution in [3.63, 3.8) is 0 Å². The highest BCUT2D eigenvalue weighted by Crippen LogP contribution is 2.57. The zero-order valence-corrected chi connectivity index (χ0v) is 23.7. The molecule has 3 N–H and O–H groups in total. The van der Waals surface area contributed by atoms with Crippen LogP contribution in [0.4, 0.5) is 0 Å². The highest BCUT2D eigenvalue weighted by molar-refractivity contribution is 5.98. The van der Waals surface area contributed by atoms with Gasteiger partial charge >= 0.3 is 5.97 Å². The number of H-pyrrole nitrogens is 1. The molecule has 1 atom stereocenters. The molecule has 0 radical (unpaired) electrons. The Morgan fingerprint density at radius 2 is 1.88 bits per heavy atom. The van der Waals surface area contributed by atoms with Crippen LogP contribution >= 0.6 is 0 Å². The number of carboxylic acids is 1. The van der Waals surface area contributed by atoms with Gasteiger partial charge in [-0.15, -0.1) is 0 Å². The number of hydrogen-bond acceptors (Lipinski definition) is 4. The number of carboxylic acid groups (broad SMARTS) is 1. The number of rotatable bonds is 7. The molecular formula is C34H38N4O3. The van der Waals surface area contributed by atoms with Gasteiger partial charge in [0.2, 0.25) is 0 Å². The molecule has 7 nitrogen and oxygen atoms in total. The van der Waals surface area contributed by atoms with Crippen LogP contribution in [0.15, 0.2) is 42.6 Å². The molecular weight excluding hydrogens is 512 g/mol. The molecule has 4 fully saturated rings. The lowest BCUT2D eigenvalue weighted by atomic mass is 9.56. The molecule has 4 aliphatic rings. The van der Waals surface area contributed by atoms with Crippen LogP contribution in [0.3, 0.4) is 0 Å². The summed E-state index contributed by atoms with van der Waals surface area (Å²) in [5.41, 5.74) is 6.24. The van der Waals surface area contributed by atoms with Crippen molar-refractivity contribution in [3.05, 3.63) is 70.4 Å². The van der Waals surface area contributed by atoms with Crippen molar-refractivity contribution in [2.75, 3.05) is 6.54 Å². The summed E-state index contributed by atoms with van der Waals surface area (Å²) in [5.74, 6) is -0.455. The molecule has 1 spiro atoms. The summed E-state index contributed by atoms with van der Waals surface area (Å²) in [6, 6.07) is 15.1. The van der Waals surface area contributed by atoms with Gasteiger partial charge in [-0.3, -0.25) is 9.69 Å². The van der Waals surface area contributed by atoms with E-state index in [4.69, 9.17) is 0 Å². The summed E-state index contributed by atoms with van der Waals surface area (Å²) >= 11 is 0. The summed E-state index contributed by atoms with van der Waals surface area (Å²) in [4.78, 5) is 30.8. The molecule has 2 heterocycles. The molecule has 1 aromatic heterocycles. The second kappa shape index (κ2) is 9.73. The number of nitrogens with zero attached hydrogens (tertiary/aromatic N) is 2. The van der Waals surface area contributed by atoms with E-state index >= 15 is 0 Å². The molecule has 1 aliphatic heterocycles. The highest BCUT2D eigenvalue weighted by Gasteiger charge is 2.49. The third-order valence-electron chi connectivity index (χ3n) is 10.6. The minimum atomic E-state index is -1.12. The van der Waals surface area contributed by atoms with Crippen molar-refractivity contribution >= 4 is 22.8 Å². The Balaban J connectivity index is 1.18. The third-order valence-corrected chi connectivity index (χ3v) is 10.6. The first-order valence-electron chi connectivity index (χ1n) is 15.2. The van der Waals surface area contributed by atoms with Crippen molar-refractivity contribution in [2.24, 2.45) is 11.3 Å². The van der Waals surface area contributed by atoms with Gasteiger partial charge in [0.15, 0.2) is 0 Å². The van der Waals surface area contributed by atoms with Crippen LogP contribution in [-0.4, -0.2) is 39.0 Å². The fourth-order valence-corrected chi connectivity index (χ4v) is 7.85. The number of nitriles is 1. The van der Waals surface area contributed by atoms with E-state index in [0.29, 0.717) is 24.3 Å². The van der Waals surface area contributed by atoms with Crippen molar-refractivity contribution in [2.45, 2.75) is 88.8 Å². The zero-order chi connectivity index (χ0) is 28.4. The first kappa shape index (κ1) is 26.3. The van der Waals surface area contributed by atoms with E-state index < -0.39 is 11.5 Å². The van der Waals surface area contributed by atoms with Crippen molar-refractivity contribution in [1.29, 1.82) is 5.26 Å². The van der Waals surface area contributed by atoms with Gasteiger partial charge in [-0.05, 0) is 123 Å². The van der Waals surface area contributed by atoms with E-state index in [1.807, 2.05) is 12.1 Å². The highest BCUT2D eigenvalue weighted by atomic mass is 16.4. The number of nitrogens with one attached hydrogen (secondary N) is 2. The molecule has 7 rings (SSSR count). The van der Waals surface area contributed by atoms with E-state index in [2.05, 4.69) is 58.7 Å². The smallest absolute Gasteiger partial charge is 0.329 e. The molecule has 7 heteroatoms. The Morgan fingerprint density at radius 1 is 1.12 bits per heavy atom. The normalized spacial score (nSPS) is 27.1. The van der Waals surface area contributed by atoms with Crippen LogP contribution in [0, 0.1) is 29.6 Å².